The van der Waals surface area contributed by atoms with Crippen molar-refractivity contribution in [3.8, 4) is 22.7 Å². The highest BCUT2D eigenvalue weighted by Gasteiger charge is 2.19. The van der Waals surface area contributed by atoms with E-state index in [1.165, 1.54) is 11.8 Å². The first kappa shape index (κ1) is 24.0. The van der Waals surface area contributed by atoms with Gasteiger partial charge in [-0.25, -0.2) is 14.5 Å². The minimum atomic E-state index is -0.508. The lowest BCUT2D eigenvalue weighted by Gasteiger charge is -2.11. The van der Waals surface area contributed by atoms with Gasteiger partial charge < -0.3 is 14.8 Å². The van der Waals surface area contributed by atoms with Crippen LogP contribution in [0.2, 0.25) is 0 Å². The minimum Gasteiger partial charge on any atom is -0.497 e. The van der Waals surface area contributed by atoms with Crippen LogP contribution in [0.3, 0.4) is 0 Å². The Balaban J connectivity index is 1.71. The second kappa shape index (κ2) is 10.9. The third-order valence-electron chi connectivity index (χ3n) is 5.14. The van der Waals surface area contributed by atoms with Gasteiger partial charge in [0.25, 0.3) is 5.91 Å². The van der Waals surface area contributed by atoms with E-state index >= 15 is 0 Å². The number of ether oxygens (including phenoxy) is 2. The van der Waals surface area contributed by atoms with E-state index in [1.807, 2.05) is 48.7 Å². The third kappa shape index (κ3) is 5.36. The van der Waals surface area contributed by atoms with Crippen LogP contribution in [-0.4, -0.2) is 46.6 Å². The van der Waals surface area contributed by atoms with Gasteiger partial charge in [-0.05, 0) is 67.8 Å². The Hall–Kier alpha value is -4.11. The number of rotatable bonds is 8. The SMILES string of the molecule is CCOC(=O)c1cc(-c2cccc(NC(=O)c3cccnc3SC)c2)n(-c2ccc(OC)cc2)n1. The molecule has 8 nitrogen and oxygen atoms in total. The van der Waals surface area contributed by atoms with Crippen LogP contribution in [0.1, 0.15) is 27.8 Å². The summed E-state index contributed by atoms with van der Waals surface area (Å²) in [5.41, 5.74) is 3.46. The summed E-state index contributed by atoms with van der Waals surface area (Å²) in [5, 5.41) is 8.08. The molecule has 4 aromatic rings. The lowest BCUT2D eigenvalue weighted by molar-refractivity contribution is 0.0519. The van der Waals surface area contributed by atoms with E-state index in [0.717, 1.165) is 11.3 Å². The Kier molecular flexibility index (Phi) is 7.47. The van der Waals surface area contributed by atoms with Gasteiger partial charge in [0.05, 0.1) is 30.7 Å². The van der Waals surface area contributed by atoms with Crippen LogP contribution in [0, 0.1) is 0 Å². The number of nitrogens with zero attached hydrogens (tertiary/aromatic N) is 3. The molecule has 0 aliphatic carbocycles. The number of aromatic nitrogens is 3. The predicted octanol–water partition coefficient (Wildman–Crippen LogP) is 5.09. The highest BCUT2D eigenvalue weighted by Crippen LogP contribution is 2.28. The Labute approximate surface area is 207 Å². The van der Waals surface area contributed by atoms with Crippen LogP contribution in [0.15, 0.2) is 78.0 Å². The van der Waals surface area contributed by atoms with Crippen molar-refractivity contribution in [2.45, 2.75) is 11.9 Å². The molecule has 0 aliphatic rings. The molecule has 2 aromatic carbocycles. The summed E-state index contributed by atoms with van der Waals surface area (Å²) in [6.45, 7) is 1.99. The van der Waals surface area contributed by atoms with Crippen molar-refractivity contribution in [2.24, 2.45) is 0 Å². The van der Waals surface area contributed by atoms with E-state index in [2.05, 4.69) is 15.4 Å². The van der Waals surface area contributed by atoms with Gasteiger partial charge in [-0.2, -0.15) is 5.10 Å². The summed E-state index contributed by atoms with van der Waals surface area (Å²) >= 11 is 1.41. The highest BCUT2D eigenvalue weighted by molar-refractivity contribution is 7.98. The number of thioether (sulfide) groups is 1. The van der Waals surface area contributed by atoms with Crippen LogP contribution in [-0.2, 0) is 4.74 Å². The highest BCUT2D eigenvalue weighted by atomic mass is 32.2. The fourth-order valence-electron chi connectivity index (χ4n) is 3.49. The monoisotopic (exact) mass is 488 g/mol. The van der Waals surface area contributed by atoms with Gasteiger partial charge in [-0.1, -0.05) is 12.1 Å². The number of pyridine rings is 1. The average Bonchev–Trinajstić information content (AvgIpc) is 3.35. The smallest absolute Gasteiger partial charge is 0.358 e. The molecule has 178 valence electrons. The van der Waals surface area contributed by atoms with Crippen molar-refractivity contribution in [2.75, 3.05) is 25.3 Å². The zero-order valence-corrected chi connectivity index (χ0v) is 20.3. The van der Waals surface area contributed by atoms with Gasteiger partial charge >= 0.3 is 5.97 Å². The summed E-state index contributed by atoms with van der Waals surface area (Å²) in [5.74, 6) is -0.0556. The normalized spacial score (nSPS) is 10.6. The van der Waals surface area contributed by atoms with Crippen LogP contribution in [0.25, 0.3) is 16.9 Å². The number of esters is 1. The molecule has 0 bridgehead atoms. The molecule has 4 rings (SSSR count). The molecule has 0 fully saturated rings. The van der Waals surface area contributed by atoms with E-state index in [1.54, 1.807) is 49.2 Å². The van der Waals surface area contributed by atoms with Gasteiger partial charge in [0.1, 0.15) is 10.8 Å². The Morgan fingerprint density at radius 3 is 2.57 bits per heavy atom. The molecule has 35 heavy (non-hydrogen) atoms. The molecule has 2 heterocycles. The first-order valence-electron chi connectivity index (χ1n) is 10.9. The molecule has 0 saturated heterocycles. The number of methoxy groups -OCH3 is 1. The van der Waals surface area contributed by atoms with Crippen LogP contribution < -0.4 is 10.1 Å². The third-order valence-corrected chi connectivity index (χ3v) is 5.85. The maximum atomic E-state index is 12.9. The molecule has 2 aromatic heterocycles. The van der Waals surface area contributed by atoms with Crippen molar-refractivity contribution >= 4 is 29.3 Å². The number of hydrogen-bond donors (Lipinski definition) is 1. The molecule has 9 heteroatoms. The zero-order chi connectivity index (χ0) is 24.8. The topological polar surface area (TPSA) is 95.3 Å². The largest absolute Gasteiger partial charge is 0.497 e. The number of amides is 1. The number of benzene rings is 2. The Bertz CT molecular complexity index is 1350. The fraction of sp³-hybridized carbons (Fsp3) is 0.154. The lowest BCUT2D eigenvalue weighted by Crippen LogP contribution is -2.13. The van der Waals surface area contributed by atoms with Crippen molar-refractivity contribution < 1.29 is 19.1 Å². The van der Waals surface area contributed by atoms with Gasteiger partial charge in [0, 0.05) is 17.4 Å². The van der Waals surface area contributed by atoms with E-state index in [4.69, 9.17) is 9.47 Å². The summed E-state index contributed by atoms with van der Waals surface area (Å²) < 4.78 is 12.1. The maximum absolute atomic E-state index is 12.9. The Morgan fingerprint density at radius 1 is 1.06 bits per heavy atom. The molecule has 0 aliphatic heterocycles. The van der Waals surface area contributed by atoms with Crippen LogP contribution in [0.4, 0.5) is 5.69 Å². The summed E-state index contributed by atoms with van der Waals surface area (Å²) in [4.78, 5) is 29.6. The van der Waals surface area contributed by atoms with Crippen LogP contribution >= 0.6 is 11.8 Å². The summed E-state index contributed by atoms with van der Waals surface area (Å²) in [6.07, 6.45) is 3.53. The molecule has 0 saturated carbocycles. The van der Waals surface area contributed by atoms with Gasteiger partial charge in [-0.15, -0.1) is 11.8 Å². The molecule has 1 amide bonds. The number of carbonyl (C=O) groups is 2. The molecule has 0 unspecified atom stereocenters. The van der Waals surface area contributed by atoms with Crippen molar-refractivity contribution in [3.05, 3.63) is 84.2 Å². The quantitative estimate of drug-likeness (QED) is 0.272. The molecule has 0 spiro atoms. The van der Waals surface area contributed by atoms with Crippen molar-refractivity contribution in [1.29, 1.82) is 0 Å². The van der Waals surface area contributed by atoms with E-state index in [9.17, 15) is 9.59 Å². The van der Waals surface area contributed by atoms with Crippen molar-refractivity contribution in [1.82, 2.24) is 14.8 Å². The van der Waals surface area contributed by atoms with E-state index < -0.39 is 5.97 Å². The molecule has 1 N–H and O–H groups in total. The van der Waals surface area contributed by atoms with Crippen LogP contribution in [0.5, 0.6) is 5.75 Å². The molecule has 0 atom stereocenters. The fourth-order valence-corrected chi connectivity index (χ4v) is 4.04. The zero-order valence-electron chi connectivity index (χ0n) is 19.5. The van der Waals surface area contributed by atoms with Gasteiger partial charge in [-0.3, -0.25) is 4.79 Å². The van der Waals surface area contributed by atoms with E-state index in [0.29, 0.717) is 27.7 Å². The first-order valence-corrected chi connectivity index (χ1v) is 12.1. The average molecular weight is 489 g/mol. The maximum Gasteiger partial charge on any atom is 0.358 e. The second-order valence-corrected chi connectivity index (χ2v) is 8.14. The molecular weight excluding hydrogens is 464 g/mol. The number of nitrogens with one attached hydrogen (secondary N) is 1. The molecule has 0 radical (unpaired) electrons. The van der Waals surface area contributed by atoms with Crippen molar-refractivity contribution in [3.63, 3.8) is 0 Å². The standard InChI is InChI=1S/C26H24N4O4S/c1-4-34-26(32)22-16-23(30(29-22)19-10-12-20(33-2)13-11-19)17-7-5-8-18(15-17)28-24(31)21-9-6-14-27-25(21)35-3/h5-16H,4H2,1-3H3,(H,28,31). The summed E-state index contributed by atoms with van der Waals surface area (Å²) in [6, 6.07) is 19.8. The number of carbonyl (C=O) groups excluding carboxylic acids is 2. The lowest BCUT2D eigenvalue weighted by atomic mass is 10.1. The van der Waals surface area contributed by atoms with Gasteiger partial charge in [0.15, 0.2) is 5.69 Å². The Morgan fingerprint density at radius 2 is 1.86 bits per heavy atom. The number of hydrogen-bond acceptors (Lipinski definition) is 7. The van der Waals surface area contributed by atoms with E-state index in [-0.39, 0.29) is 18.2 Å². The summed E-state index contributed by atoms with van der Waals surface area (Å²) in [7, 11) is 1.60. The van der Waals surface area contributed by atoms with Gasteiger partial charge in [0.2, 0.25) is 0 Å². The number of anilines is 1. The first-order chi connectivity index (χ1) is 17.0. The molecular formula is C26H24N4O4S. The second-order valence-electron chi connectivity index (χ2n) is 7.34. The predicted molar refractivity (Wildman–Crippen MR) is 135 cm³/mol. The minimum absolute atomic E-state index is 0.187.